The molecule has 0 bridgehead atoms. The number of carbonyl (C=O) groups excluding carboxylic acids is 1. The number of aromatic hydroxyl groups is 2. The lowest BCUT2D eigenvalue weighted by Gasteiger charge is -2.31. The van der Waals surface area contributed by atoms with E-state index in [0.29, 0.717) is 28.4 Å². The van der Waals surface area contributed by atoms with Gasteiger partial charge in [-0.15, -0.1) is 0 Å². The van der Waals surface area contributed by atoms with E-state index in [2.05, 4.69) is 0 Å². The largest absolute Gasteiger partial charge is 0.507 e. The van der Waals surface area contributed by atoms with Gasteiger partial charge in [-0.25, -0.2) is 0 Å². The highest BCUT2D eigenvalue weighted by Crippen LogP contribution is 2.48. The molecule has 0 saturated heterocycles. The Kier molecular flexibility index (Phi) is 3.34. The van der Waals surface area contributed by atoms with Crippen LogP contribution in [0.5, 0.6) is 34.5 Å². The molecule has 1 unspecified atom stereocenters. The average molecular weight is 382 g/mol. The zero-order valence-electron chi connectivity index (χ0n) is 15.3. The van der Waals surface area contributed by atoms with E-state index >= 15 is 0 Å². The third-order valence-corrected chi connectivity index (χ3v) is 5.16. The zero-order valence-corrected chi connectivity index (χ0v) is 15.3. The van der Waals surface area contributed by atoms with Gasteiger partial charge in [-0.05, 0) is 32.1 Å². The van der Waals surface area contributed by atoms with Gasteiger partial charge in [-0.3, -0.25) is 4.79 Å². The molecule has 0 aliphatic carbocycles. The summed E-state index contributed by atoms with van der Waals surface area (Å²) in [6.07, 6.45) is 3.56. The zero-order chi connectivity index (χ0) is 19.6. The van der Waals surface area contributed by atoms with Crippen molar-refractivity contribution in [1.29, 1.82) is 0 Å². The average Bonchev–Trinajstić information content (AvgIpc) is 3.07. The van der Waals surface area contributed by atoms with Crippen molar-refractivity contribution in [3.8, 4) is 34.5 Å². The molecule has 0 spiro atoms. The van der Waals surface area contributed by atoms with Crippen LogP contribution in [0.25, 0.3) is 6.08 Å². The molecular weight excluding hydrogens is 364 g/mol. The van der Waals surface area contributed by atoms with Gasteiger partial charge in [0.1, 0.15) is 40.8 Å². The molecule has 144 valence electrons. The van der Waals surface area contributed by atoms with Gasteiger partial charge in [0.15, 0.2) is 17.3 Å². The summed E-state index contributed by atoms with van der Waals surface area (Å²) in [5.74, 6) is 0.216. The number of benzene rings is 2. The second-order valence-corrected chi connectivity index (χ2v) is 7.54. The third kappa shape index (κ3) is 2.39. The minimum absolute atomic E-state index is 0.0243. The molecule has 0 saturated carbocycles. The van der Waals surface area contributed by atoms with E-state index in [0.717, 1.165) is 0 Å². The van der Waals surface area contributed by atoms with Crippen LogP contribution >= 0.6 is 0 Å². The summed E-state index contributed by atoms with van der Waals surface area (Å²) in [5.41, 5.74) is 0.364. The Bertz CT molecular complexity index is 1050. The minimum atomic E-state index is -0.782. The van der Waals surface area contributed by atoms with Crippen molar-refractivity contribution in [3.63, 3.8) is 0 Å². The van der Waals surface area contributed by atoms with Crippen LogP contribution in [0.4, 0.5) is 0 Å². The maximum Gasteiger partial charge on any atom is 0.231 e. The van der Waals surface area contributed by atoms with E-state index in [1.54, 1.807) is 18.2 Å². The molecule has 1 atom stereocenters. The van der Waals surface area contributed by atoms with E-state index in [9.17, 15) is 15.0 Å². The lowest BCUT2D eigenvalue weighted by atomic mass is 9.86. The van der Waals surface area contributed by atoms with Gasteiger partial charge in [-0.1, -0.05) is 0 Å². The van der Waals surface area contributed by atoms with Crippen LogP contribution in [0, 0.1) is 0 Å². The van der Waals surface area contributed by atoms with Gasteiger partial charge in [-0.2, -0.15) is 0 Å². The summed E-state index contributed by atoms with van der Waals surface area (Å²) in [6, 6.07) is 4.63. The number of hydrogen-bond donors (Lipinski definition) is 2. The molecule has 7 nitrogen and oxygen atoms in total. The molecule has 5 rings (SSSR count). The standard InChI is InChI=1S/C21H18O7/c1-21(2)4-3-10-14(28-21)7-17-18(19(10)23)20(24)12(8-25-17)11-5-15-16(6-13(11)22)27-9-26-15/h3-7,12,22-23H,8-9H2,1-2H3. The van der Waals surface area contributed by atoms with E-state index in [-0.39, 0.29) is 42.0 Å². The van der Waals surface area contributed by atoms with Gasteiger partial charge in [0.2, 0.25) is 6.79 Å². The lowest BCUT2D eigenvalue weighted by molar-refractivity contribution is 0.0888. The first-order chi connectivity index (χ1) is 13.3. The smallest absolute Gasteiger partial charge is 0.231 e. The fraction of sp³-hybridized carbons (Fsp3) is 0.286. The molecule has 7 heteroatoms. The number of fused-ring (bicyclic) bond motifs is 3. The predicted octanol–water partition coefficient (Wildman–Crippen LogP) is 3.37. The quantitative estimate of drug-likeness (QED) is 0.781. The Morgan fingerprint density at radius 3 is 2.54 bits per heavy atom. The van der Waals surface area contributed by atoms with Gasteiger partial charge in [0.05, 0.1) is 11.5 Å². The fourth-order valence-electron chi connectivity index (χ4n) is 3.72. The number of rotatable bonds is 1. The highest BCUT2D eigenvalue weighted by molar-refractivity contribution is 6.08. The fourth-order valence-corrected chi connectivity index (χ4v) is 3.72. The van der Waals surface area contributed by atoms with Crippen molar-refractivity contribution in [1.82, 2.24) is 0 Å². The highest BCUT2D eigenvalue weighted by atomic mass is 16.7. The van der Waals surface area contributed by atoms with Crippen LogP contribution in [0.3, 0.4) is 0 Å². The third-order valence-electron chi connectivity index (χ3n) is 5.16. The normalized spacial score (nSPS) is 20.8. The molecule has 0 aromatic heterocycles. The Hall–Kier alpha value is -3.35. The molecule has 0 radical (unpaired) electrons. The minimum Gasteiger partial charge on any atom is -0.507 e. The number of Topliss-reactive ketones (excluding diaryl/α,β-unsaturated/α-hetero) is 1. The number of hydrogen-bond acceptors (Lipinski definition) is 7. The Balaban J connectivity index is 1.58. The van der Waals surface area contributed by atoms with Gasteiger partial charge in [0, 0.05) is 17.7 Å². The molecule has 3 aliphatic heterocycles. The number of ketones is 1. The van der Waals surface area contributed by atoms with Crippen LogP contribution in [-0.2, 0) is 0 Å². The molecule has 2 aromatic carbocycles. The lowest BCUT2D eigenvalue weighted by Crippen LogP contribution is -2.29. The summed E-state index contributed by atoms with van der Waals surface area (Å²) < 4.78 is 22.2. The van der Waals surface area contributed by atoms with E-state index in [4.69, 9.17) is 18.9 Å². The monoisotopic (exact) mass is 382 g/mol. The predicted molar refractivity (Wildman–Crippen MR) is 98.6 cm³/mol. The summed E-state index contributed by atoms with van der Waals surface area (Å²) in [4.78, 5) is 13.2. The molecule has 0 amide bonds. The molecule has 28 heavy (non-hydrogen) atoms. The van der Waals surface area contributed by atoms with Gasteiger partial charge < -0.3 is 29.2 Å². The molecule has 2 aromatic rings. The van der Waals surface area contributed by atoms with Crippen molar-refractivity contribution < 1.29 is 34.0 Å². The molecule has 0 fully saturated rings. The summed E-state index contributed by atoms with van der Waals surface area (Å²) in [7, 11) is 0. The number of phenols is 2. The Morgan fingerprint density at radius 2 is 1.75 bits per heavy atom. The number of carbonyl (C=O) groups is 1. The maximum atomic E-state index is 13.2. The van der Waals surface area contributed by atoms with Crippen molar-refractivity contribution in [3.05, 3.63) is 41.0 Å². The van der Waals surface area contributed by atoms with E-state index in [1.807, 2.05) is 19.9 Å². The van der Waals surface area contributed by atoms with Gasteiger partial charge in [0.25, 0.3) is 0 Å². The molecular formula is C21H18O7. The van der Waals surface area contributed by atoms with Crippen LogP contribution < -0.4 is 18.9 Å². The van der Waals surface area contributed by atoms with Crippen molar-refractivity contribution >= 4 is 11.9 Å². The van der Waals surface area contributed by atoms with Crippen molar-refractivity contribution in [2.45, 2.75) is 25.4 Å². The second kappa shape index (κ2) is 5.58. The summed E-state index contributed by atoms with van der Waals surface area (Å²) >= 11 is 0. The first-order valence-electron chi connectivity index (χ1n) is 8.92. The van der Waals surface area contributed by atoms with Crippen LogP contribution in [0.1, 0.15) is 41.3 Å². The molecule has 2 N–H and O–H groups in total. The van der Waals surface area contributed by atoms with Crippen LogP contribution in [-0.4, -0.2) is 35.0 Å². The topological polar surface area (TPSA) is 94.5 Å². The SMILES string of the molecule is CC1(C)C=Cc2c(cc3c(c2O)C(=O)C(c2cc4c(cc2O)OCO4)CO3)O1. The summed E-state index contributed by atoms with van der Waals surface area (Å²) in [6.45, 7) is 3.88. The van der Waals surface area contributed by atoms with E-state index in [1.165, 1.54) is 6.07 Å². The first kappa shape index (κ1) is 16.8. The second-order valence-electron chi connectivity index (χ2n) is 7.54. The van der Waals surface area contributed by atoms with E-state index < -0.39 is 11.5 Å². The van der Waals surface area contributed by atoms with Crippen LogP contribution in [0.15, 0.2) is 24.3 Å². The first-order valence-corrected chi connectivity index (χ1v) is 8.92. The Labute approximate surface area is 160 Å². The van der Waals surface area contributed by atoms with Crippen molar-refractivity contribution in [2.75, 3.05) is 13.4 Å². The number of ether oxygens (including phenoxy) is 4. The van der Waals surface area contributed by atoms with Crippen LogP contribution in [0.2, 0.25) is 0 Å². The van der Waals surface area contributed by atoms with Crippen molar-refractivity contribution in [2.24, 2.45) is 0 Å². The number of phenolic OH excluding ortho intramolecular Hbond substituents is 2. The molecule has 3 aliphatic rings. The maximum absolute atomic E-state index is 13.2. The summed E-state index contributed by atoms with van der Waals surface area (Å²) in [5, 5.41) is 21.1. The Morgan fingerprint density at radius 1 is 1.00 bits per heavy atom. The molecule has 3 heterocycles. The highest BCUT2D eigenvalue weighted by Gasteiger charge is 2.38. The van der Waals surface area contributed by atoms with Gasteiger partial charge >= 0.3 is 0 Å².